The minimum atomic E-state index is 0.0936. The monoisotopic (exact) mass is 279 g/mol. The van der Waals surface area contributed by atoms with Gasteiger partial charge < -0.3 is 5.73 Å². The summed E-state index contributed by atoms with van der Waals surface area (Å²) in [4.78, 5) is 0. The minimum Gasteiger partial charge on any atom is -0.405 e. The Morgan fingerprint density at radius 2 is 1.90 bits per heavy atom. The van der Waals surface area contributed by atoms with Crippen LogP contribution in [0.1, 0.15) is 50.8 Å². The summed E-state index contributed by atoms with van der Waals surface area (Å²) in [5.41, 5.74) is 12.3. The maximum atomic E-state index is 5.36. The molecule has 0 fully saturated rings. The number of allylic oxidation sites excluding steroid dienone is 6. The van der Waals surface area contributed by atoms with Crippen LogP contribution in [-0.2, 0) is 5.41 Å². The molecule has 0 unspecified atom stereocenters. The summed E-state index contributed by atoms with van der Waals surface area (Å²) >= 11 is 0. The van der Waals surface area contributed by atoms with Crippen LogP contribution < -0.4 is 5.73 Å². The van der Waals surface area contributed by atoms with E-state index in [1.165, 1.54) is 27.8 Å². The van der Waals surface area contributed by atoms with Crippen LogP contribution in [0, 0.1) is 0 Å². The second-order valence-corrected chi connectivity index (χ2v) is 6.02. The average molecular weight is 279 g/mol. The van der Waals surface area contributed by atoms with E-state index in [0.717, 1.165) is 6.42 Å². The number of nitrogens with two attached hydrogens (primary N) is 1. The lowest BCUT2D eigenvalue weighted by molar-refractivity contribution is 0.639. The third-order valence-electron chi connectivity index (χ3n) is 4.38. The molecule has 1 aromatic rings. The lowest BCUT2D eigenvalue weighted by atomic mass is 9.81. The fourth-order valence-corrected chi connectivity index (χ4v) is 2.84. The van der Waals surface area contributed by atoms with E-state index in [1.807, 2.05) is 12.2 Å². The van der Waals surface area contributed by atoms with Crippen molar-refractivity contribution in [1.82, 2.24) is 0 Å². The molecule has 0 saturated heterocycles. The number of rotatable bonds is 4. The average Bonchev–Trinajstić information content (AvgIpc) is 2.65. The van der Waals surface area contributed by atoms with Crippen LogP contribution in [0.15, 0.2) is 54.3 Å². The van der Waals surface area contributed by atoms with E-state index >= 15 is 0 Å². The Hall–Kier alpha value is -2.02. The van der Waals surface area contributed by atoms with Crippen LogP contribution in [0.3, 0.4) is 0 Å². The molecule has 0 radical (unpaired) electrons. The second-order valence-electron chi connectivity index (χ2n) is 6.02. The van der Waals surface area contributed by atoms with Crippen LogP contribution >= 0.6 is 0 Å². The first-order chi connectivity index (χ1) is 10.0. The predicted molar refractivity (Wildman–Crippen MR) is 93.9 cm³/mol. The zero-order chi connectivity index (χ0) is 15.5. The third-order valence-corrected chi connectivity index (χ3v) is 4.38. The molecule has 0 atom stereocenters. The van der Waals surface area contributed by atoms with Crippen molar-refractivity contribution < 1.29 is 0 Å². The summed E-state index contributed by atoms with van der Waals surface area (Å²) in [6.45, 7) is 9.04. The molecular weight excluding hydrogens is 254 g/mol. The van der Waals surface area contributed by atoms with Crippen molar-refractivity contribution in [3.05, 3.63) is 71.0 Å². The highest BCUT2D eigenvalue weighted by Crippen LogP contribution is 2.46. The molecule has 1 heteroatoms. The normalized spacial score (nSPS) is 17.5. The first-order valence-electron chi connectivity index (χ1n) is 7.60. The van der Waals surface area contributed by atoms with Crippen LogP contribution in [0.5, 0.6) is 0 Å². The standard InChI is InChI=1S/C20H25N/c1-5-6-10-17-15(2)20(3,4)19-14-16(9-7-8-13-21)11-12-18(17)19/h6-14H,5,21H2,1-4H3/b9-7+,10-6-,13-8-. The van der Waals surface area contributed by atoms with E-state index < -0.39 is 0 Å². The predicted octanol–water partition coefficient (Wildman–Crippen LogP) is 5.20. The highest BCUT2D eigenvalue weighted by molar-refractivity contribution is 5.86. The van der Waals surface area contributed by atoms with Gasteiger partial charge in [-0.25, -0.2) is 0 Å². The van der Waals surface area contributed by atoms with Gasteiger partial charge in [0.1, 0.15) is 0 Å². The lowest BCUT2D eigenvalue weighted by Crippen LogP contribution is -2.15. The molecule has 0 spiro atoms. The molecule has 1 aliphatic rings. The summed E-state index contributed by atoms with van der Waals surface area (Å²) in [7, 11) is 0. The fraction of sp³-hybridized carbons (Fsp3) is 0.300. The molecule has 21 heavy (non-hydrogen) atoms. The number of benzene rings is 1. The van der Waals surface area contributed by atoms with Crippen LogP contribution in [0.2, 0.25) is 0 Å². The maximum absolute atomic E-state index is 5.36. The van der Waals surface area contributed by atoms with Crippen molar-refractivity contribution >= 4 is 11.6 Å². The lowest BCUT2D eigenvalue weighted by Gasteiger charge is -2.22. The quantitative estimate of drug-likeness (QED) is 0.753. The Morgan fingerprint density at radius 1 is 1.14 bits per heavy atom. The van der Waals surface area contributed by atoms with Crippen LogP contribution in [0.25, 0.3) is 11.6 Å². The van der Waals surface area contributed by atoms with Crippen LogP contribution in [0.4, 0.5) is 0 Å². The van der Waals surface area contributed by atoms with E-state index in [-0.39, 0.29) is 5.41 Å². The minimum absolute atomic E-state index is 0.0936. The summed E-state index contributed by atoms with van der Waals surface area (Å²) in [5.74, 6) is 0. The van der Waals surface area contributed by atoms with Gasteiger partial charge in [0.05, 0.1) is 0 Å². The van der Waals surface area contributed by atoms with Crippen molar-refractivity contribution in [3.8, 4) is 0 Å². The van der Waals surface area contributed by atoms with Crippen LogP contribution in [-0.4, -0.2) is 0 Å². The highest BCUT2D eigenvalue weighted by atomic mass is 14.5. The molecule has 1 nitrogen and oxygen atoms in total. The van der Waals surface area contributed by atoms with E-state index in [4.69, 9.17) is 5.73 Å². The molecule has 2 rings (SSSR count). The van der Waals surface area contributed by atoms with Crippen molar-refractivity contribution in [1.29, 1.82) is 0 Å². The van der Waals surface area contributed by atoms with Gasteiger partial charge in [-0.05, 0) is 47.9 Å². The molecule has 110 valence electrons. The second kappa shape index (κ2) is 6.17. The van der Waals surface area contributed by atoms with Crippen molar-refractivity contribution in [2.75, 3.05) is 0 Å². The zero-order valence-corrected chi connectivity index (χ0v) is 13.5. The smallest absolute Gasteiger partial charge is 0.0118 e. The van der Waals surface area contributed by atoms with Gasteiger partial charge >= 0.3 is 0 Å². The van der Waals surface area contributed by atoms with Gasteiger partial charge in [0.2, 0.25) is 0 Å². The molecule has 1 aliphatic carbocycles. The molecule has 0 saturated carbocycles. The van der Waals surface area contributed by atoms with E-state index in [1.54, 1.807) is 6.20 Å². The van der Waals surface area contributed by atoms with Crippen molar-refractivity contribution in [2.24, 2.45) is 5.73 Å². The summed E-state index contributed by atoms with van der Waals surface area (Å²) in [6.07, 6.45) is 13.0. The Balaban J connectivity index is 2.48. The molecule has 0 bridgehead atoms. The summed E-state index contributed by atoms with van der Waals surface area (Å²) < 4.78 is 0. The van der Waals surface area contributed by atoms with E-state index in [2.05, 4.69) is 64.1 Å². The van der Waals surface area contributed by atoms with Crippen molar-refractivity contribution in [2.45, 2.75) is 39.5 Å². The van der Waals surface area contributed by atoms with Gasteiger partial charge in [0.25, 0.3) is 0 Å². The Kier molecular flexibility index (Phi) is 4.52. The largest absolute Gasteiger partial charge is 0.405 e. The fourth-order valence-electron chi connectivity index (χ4n) is 2.84. The molecule has 0 heterocycles. The topological polar surface area (TPSA) is 26.0 Å². The van der Waals surface area contributed by atoms with E-state index in [9.17, 15) is 0 Å². The Labute approximate surface area is 128 Å². The molecule has 0 amide bonds. The zero-order valence-electron chi connectivity index (χ0n) is 13.5. The third kappa shape index (κ3) is 2.87. The first-order valence-corrected chi connectivity index (χ1v) is 7.60. The summed E-state index contributed by atoms with van der Waals surface area (Å²) in [6, 6.07) is 6.72. The molecule has 0 aromatic heterocycles. The molecule has 1 aromatic carbocycles. The molecule has 2 N–H and O–H groups in total. The Morgan fingerprint density at radius 3 is 2.57 bits per heavy atom. The van der Waals surface area contributed by atoms with Gasteiger partial charge in [0.15, 0.2) is 0 Å². The number of hydrogen-bond donors (Lipinski definition) is 1. The Bertz CT molecular complexity index is 640. The molecular formula is C20H25N. The maximum Gasteiger partial charge on any atom is 0.0118 e. The summed E-state index contributed by atoms with van der Waals surface area (Å²) in [5, 5.41) is 0. The molecule has 0 aliphatic heterocycles. The van der Waals surface area contributed by atoms with Gasteiger partial charge in [-0.15, -0.1) is 0 Å². The number of fused-ring (bicyclic) bond motifs is 1. The van der Waals surface area contributed by atoms with Gasteiger partial charge in [-0.1, -0.05) is 68.8 Å². The van der Waals surface area contributed by atoms with Gasteiger partial charge in [-0.2, -0.15) is 0 Å². The van der Waals surface area contributed by atoms with Crippen molar-refractivity contribution in [3.63, 3.8) is 0 Å². The SMILES string of the molecule is CC/C=C\C1=C(C)C(C)(C)c2cc(/C=C/C=C\N)ccc21. The first kappa shape index (κ1) is 15.4. The van der Waals surface area contributed by atoms with E-state index in [0.29, 0.717) is 0 Å². The number of hydrogen-bond acceptors (Lipinski definition) is 1. The van der Waals surface area contributed by atoms with Gasteiger partial charge in [0, 0.05) is 5.41 Å². The highest BCUT2D eigenvalue weighted by Gasteiger charge is 2.34. The van der Waals surface area contributed by atoms with Gasteiger partial charge in [-0.3, -0.25) is 0 Å².